The number of piperazine rings is 1. The monoisotopic (exact) mass is 398 g/mol. The largest absolute Gasteiger partial charge is 0.442 e. The zero-order chi connectivity index (χ0) is 20.2. The smallest absolute Gasteiger partial charge is 0.418 e. The number of imide groups is 1. The molecule has 3 amide bonds. The Balaban J connectivity index is 1.26. The van der Waals surface area contributed by atoms with E-state index in [4.69, 9.17) is 4.74 Å². The van der Waals surface area contributed by atoms with Gasteiger partial charge in [-0.1, -0.05) is 18.2 Å². The Bertz CT molecular complexity index is 854. The summed E-state index contributed by atoms with van der Waals surface area (Å²) in [7, 11) is 0. The number of ether oxygens (including phenoxy) is 1. The highest BCUT2D eigenvalue weighted by Crippen LogP contribution is 2.19. The normalized spacial score (nSPS) is 19.9. The molecule has 1 N–H and O–H groups in total. The molecule has 4 rings (SSSR count). The predicted molar refractivity (Wildman–Crippen MR) is 107 cm³/mol. The number of carbonyl (C=O) groups is 2. The number of halogens is 1. The van der Waals surface area contributed by atoms with Crippen molar-refractivity contribution in [3.05, 3.63) is 60.4 Å². The van der Waals surface area contributed by atoms with Crippen molar-refractivity contribution in [3.63, 3.8) is 0 Å². The van der Waals surface area contributed by atoms with Crippen LogP contribution in [-0.4, -0.2) is 67.3 Å². The van der Waals surface area contributed by atoms with Crippen LogP contribution in [0.25, 0.3) is 0 Å². The molecule has 0 radical (unpaired) electrons. The summed E-state index contributed by atoms with van der Waals surface area (Å²) in [6.45, 7) is 4.05. The van der Waals surface area contributed by atoms with Crippen LogP contribution >= 0.6 is 0 Å². The summed E-state index contributed by atoms with van der Waals surface area (Å²) in [6.07, 6.45) is -0.963. The van der Waals surface area contributed by atoms with Crippen LogP contribution in [0, 0.1) is 5.82 Å². The molecule has 7 nitrogen and oxygen atoms in total. The molecule has 8 heteroatoms. The molecule has 0 bridgehead atoms. The topological polar surface area (TPSA) is 65.1 Å². The number of nitrogens with zero attached hydrogens (tertiary/aromatic N) is 3. The van der Waals surface area contributed by atoms with Crippen molar-refractivity contribution in [2.45, 2.75) is 6.10 Å². The lowest BCUT2D eigenvalue weighted by molar-refractivity contribution is 0.105. The number of hydrogen-bond donors (Lipinski definition) is 1. The molecule has 2 heterocycles. The van der Waals surface area contributed by atoms with E-state index in [2.05, 4.69) is 15.1 Å². The van der Waals surface area contributed by atoms with Gasteiger partial charge in [0.2, 0.25) is 0 Å². The van der Waals surface area contributed by atoms with Crippen molar-refractivity contribution in [2.75, 3.05) is 49.5 Å². The Kier molecular flexibility index (Phi) is 5.62. The summed E-state index contributed by atoms with van der Waals surface area (Å²) >= 11 is 0. The minimum Gasteiger partial charge on any atom is -0.442 e. The maximum Gasteiger partial charge on any atom is 0.418 e. The van der Waals surface area contributed by atoms with E-state index in [9.17, 15) is 14.0 Å². The van der Waals surface area contributed by atoms with Crippen molar-refractivity contribution < 1.29 is 18.7 Å². The molecule has 2 aromatic carbocycles. The standard InChI is InChI=1S/C21H23FN4O3/c22-16-6-8-18(9-7-16)25-12-10-24(11-13-25)14-19-15-26(21(28)29-19)20(27)23-17-4-2-1-3-5-17/h1-9,19H,10-15H2,(H,23,27). The summed E-state index contributed by atoms with van der Waals surface area (Å²) in [6, 6.07) is 15.0. The van der Waals surface area contributed by atoms with E-state index in [-0.39, 0.29) is 18.5 Å². The van der Waals surface area contributed by atoms with Crippen LogP contribution in [0.15, 0.2) is 54.6 Å². The SMILES string of the molecule is O=C(Nc1ccccc1)N1CC(CN2CCN(c3ccc(F)cc3)CC2)OC1=O. The second-order valence-corrected chi connectivity index (χ2v) is 7.18. The van der Waals surface area contributed by atoms with E-state index in [0.29, 0.717) is 12.2 Å². The lowest BCUT2D eigenvalue weighted by atomic mass is 10.2. The number of cyclic esters (lactones) is 1. The van der Waals surface area contributed by atoms with Crippen LogP contribution in [0.5, 0.6) is 0 Å². The van der Waals surface area contributed by atoms with Gasteiger partial charge in [-0.25, -0.2) is 18.9 Å². The molecule has 2 aliphatic heterocycles. The third-order valence-electron chi connectivity index (χ3n) is 5.17. The Hall–Kier alpha value is -3.13. The molecule has 1 unspecified atom stereocenters. The number of carbonyl (C=O) groups excluding carboxylic acids is 2. The van der Waals surface area contributed by atoms with E-state index >= 15 is 0 Å². The van der Waals surface area contributed by atoms with Gasteiger partial charge in [-0.15, -0.1) is 0 Å². The molecule has 2 aromatic rings. The fourth-order valence-electron chi connectivity index (χ4n) is 3.62. The first-order valence-corrected chi connectivity index (χ1v) is 9.65. The van der Waals surface area contributed by atoms with Crippen LogP contribution < -0.4 is 10.2 Å². The van der Waals surface area contributed by atoms with Gasteiger partial charge in [-0.05, 0) is 36.4 Å². The molecule has 2 fully saturated rings. The van der Waals surface area contributed by atoms with Crippen LogP contribution in [0.1, 0.15) is 0 Å². The summed E-state index contributed by atoms with van der Waals surface area (Å²) in [5, 5.41) is 2.71. The average molecular weight is 398 g/mol. The Labute approximate surface area is 168 Å². The van der Waals surface area contributed by atoms with Gasteiger partial charge in [0.1, 0.15) is 11.9 Å². The van der Waals surface area contributed by atoms with Crippen molar-refractivity contribution in [2.24, 2.45) is 0 Å². The molecule has 1 atom stereocenters. The van der Waals surface area contributed by atoms with Gasteiger partial charge in [0, 0.05) is 44.1 Å². The molecule has 0 aliphatic carbocycles. The van der Waals surface area contributed by atoms with Crippen molar-refractivity contribution >= 4 is 23.5 Å². The first-order chi connectivity index (χ1) is 14.1. The van der Waals surface area contributed by atoms with Gasteiger partial charge >= 0.3 is 12.1 Å². The van der Waals surface area contributed by atoms with Crippen LogP contribution in [0.3, 0.4) is 0 Å². The molecule has 0 spiro atoms. The molecule has 152 valence electrons. The molecule has 2 saturated heterocycles. The van der Waals surface area contributed by atoms with Gasteiger partial charge < -0.3 is 15.0 Å². The van der Waals surface area contributed by atoms with E-state index in [0.717, 1.165) is 36.8 Å². The van der Waals surface area contributed by atoms with E-state index in [1.807, 2.05) is 18.2 Å². The number of anilines is 2. The summed E-state index contributed by atoms with van der Waals surface area (Å²) < 4.78 is 18.5. The predicted octanol–water partition coefficient (Wildman–Crippen LogP) is 3.00. The number of nitrogens with one attached hydrogen (secondary N) is 1. The first-order valence-electron chi connectivity index (χ1n) is 9.65. The third-order valence-corrected chi connectivity index (χ3v) is 5.17. The molecule has 2 aliphatic rings. The van der Waals surface area contributed by atoms with Gasteiger partial charge in [0.05, 0.1) is 6.54 Å². The minimum atomic E-state index is -0.617. The lowest BCUT2D eigenvalue weighted by Gasteiger charge is -2.36. The fraction of sp³-hybridized carbons (Fsp3) is 0.333. The number of para-hydroxylation sites is 1. The second-order valence-electron chi connectivity index (χ2n) is 7.18. The third kappa shape index (κ3) is 4.65. The lowest BCUT2D eigenvalue weighted by Crippen LogP contribution is -2.49. The minimum absolute atomic E-state index is 0.232. The van der Waals surface area contributed by atoms with E-state index < -0.39 is 12.1 Å². The van der Waals surface area contributed by atoms with Crippen LogP contribution in [-0.2, 0) is 4.74 Å². The number of amides is 3. The summed E-state index contributed by atoms with van der Waals surface area (Å²) in [4.78, 5) is 30.0. The number of benzene rings is 2. The molecule has 0 saturated carbocycles. The Morgan fingerprint density at radius 3 is 2.41 bits per heavy atom. The highest BCUT2D eigenvalue weighted by molar-refractivity contribution is 5.99. The highest BCUT2D eigenvalue weighted by Gasteiger charge is 2.37. The molecule has 29 heavy (non-hydrogen) atoms. The van der Waals surface area contributed by atoms with Crippen molar-refractivity contribution in [1.29, 1.82) is 0 Å². The van der Waals surface area contributed by atoms with E-state index in [1.54, 1.807) is 24.3 Å². The summed E-state index contributed by atoms with van der Waals surface area (Å²) in [5.41, 5.74) is 1.63. The van der Waals surface area contributed by atoms with Gasteiger partial charge in [0.15, 0.2) is 0 Å². The van der Waals surface area contributed by atoms with Gasteiger partial charge in [-0.3, -0.25) is 4.90 Å². The van der Waals surface area contributed by atoms with Crippen molar-refractivity contribution in [3.8, 4) is 0 Å². The quantitative estimate of drug-likeness (QED) is 0.858. The Morgan fingerprint density at radius 2 is 1.72 bits per heavy atom. The van der Waals surface area contributed by atoms with Crippen LogP contribution in [0.2, 0.25) is 0 Å². The van der Waals surface area contributed by atoms with Gasteiger partial charge in [0.25, 0.3) is 0 Å². The first kappa shape index (κ1) is 19.2. The number of urea groups is 1. The fourth-order valence-corrected chi connectivity index (χ4v) is 3.62. The highest BCUT2D eigenvalue weighted by atomic mass is 19.1. The molecular formula is C21H23FN4O3. The average Bonchev–Trinajstić information content (AvgIpc) is 3.10. The number of rotatable bonds is 4. The molecule has 0 aromatic heterocycles. The second kappa shape index (κ2) is 8.48. The Morgan fingerprint density at radius 1 is 1.03 bits per heavy atom. The zero-order valence-corrected chi connectivity index (χ0v) is 16.0. The number of hydrogen-bond acceptors (Lipinski definition) is 5. The summed E-state index contributed by atoms with van der Waals surface area (Å²) in [5.74, 6) is -0.240. The maximum absolute atomic E-state index is 13.1. The maximum atomic E-state index is 13.1. The molecular weight excluding hydrogens is 375 g/mol. The van der Waals surface area contributed by atoms with Crippen molar-refractivity contribution in [1.82, 2.24) is 9.80 Å². The van der Waals surface area contributed by atoms with Gasteiger partial charge in [-0.2, -0.15) is 0 Å². The van der Waals surface area contributed by atoms with Crippen LogP contribution in [0.4, 0.5) is 25.4 Å². The zero-order valence-electron chi connectivity index (χ0n) is 16.0. The van der Waals surface area contributed by atoms with E-state index in [1.165, 1.54) is 12.1 Å².